The van der Waals surface area contributed by atoms with Gasteiger partial charge in [-0.15, -0.1) is 0 Å². The summed E-state index contributed by atoms with van der Waals surface area (Å²) in [5.74, 6) is -0.653. The summed E-state index contributed by atoms with van der Waals surface area (Å²) in [5.41, 5.74) is -0.787. The van der Waals surface area contributed by atoms with Crippen LogP contribution in [0.4, 0.5) is 0 Å². The van der Waals surface area contributed by atoms with E-state index in [1.165, 1.54) is 0 Å². The minimum Gasteiger partial charge on any atom is -0.481 e. The van der Waals surface area contributed by atoms with E-state index in [-0.39, 0.29) is 10.8 Å². The zero-order chi connectivity index (χ0) is 10.5. The van der Waals surface area contributed by atoms with Crippen LogP contribution in [0.25, 0.3) is 0 Å². The molecule has 2 nitrogen and oxygen atoms in total. The summed E-state index contributed by atoms with van der Waals surface area (Å²) in [6, 6.07) is 0. The summed E-state index contributed by atoms with van der Waals surface area (Å²) in [6.07, 6.45) is 2.01. The zero-order valence-electron chi connectivity index (χ0n) is 9.27. The highest BCUT2D eigenvalue weighted by atomic mass is 16.4. The quantitative estimate of drug-likeness (QED) is 0.680. The first-order valence-corrected chi connectivity index (χ1v) is 4.88. The van der Waals surface area contributed by atoms with Gasteiger partial charge in [-0.25, -0.2) is 0 Å². The maximum absolute atomic E-state index is 11.4. The Labute approximate surface area is 80.3 Å². The molecule has 0 amide bonds. The second-order valence-corrected chi connectivity index (χ2v) is 5.70. The van der Waals surface area contributed by atoms with Gasteiger partial charge in [-0.2, -0.15) is 0 Å². The molecule has 0 aromatic rings. The van der Waals surface area contributed by atoms with Gasteiger partial charge in [0, 0.05) is 0 Å². The van der Waals surface area contributed by atoms with Gasteiger partial charge in [0.15, 0.2) is 0 Å². The first kappa shape index (κ1) is 10.6. The lowest BCUT2D eigenvalue weighted by atomic mass is 9.60. The van der Waals surface area contributed by atoms with E-state index in [0.717, 1.165) is 12.8 Å². The highest BCUT2D eigenvalue weighted by Crippen LogP contribution is 2.62. The molecule has 13 heavy (non-hydrogen) atoms. The van der Waals surface area contributed by atoms with Crippen LogP contribution < -0.4 is 0 Å². The smallest absolute Gasteiger partial charge is 0.310 e. The summed E-state index contributed by atoms with van der Waals surface area (Å²) in [5, 5.41) is 9.34. The molecule has 0 heterocycles. The molecule has 0 unspecified atom stereocenters. The van der Waals surface area contributed by atoms with Crippen LogP contribution in [0.5, 0.6) is 0 Å². The van der Waals surface area contributed by atoms with E-state index in [9.17, 15) is 9.90 Å². The molecule has 0 atom stereocenters. The maximum atomic E-state index is 11.4. The minimum atomic E-state index is -0.653. The number of carbonyl (C=O) groups is 1. The third kappa shape index (κ3) is 1.11. The fourth-order valence-corrected chi connectivity index (χ4v) is 2.62. The Morgan fingerprint density at radius 2 is 1.31 bits per heavy atom. The van der Waals surface area contributed by atoms with E-state index >= 15 is 0 Å². The van der Waals surface area contributed by atoms with Gasteiger partial charge in [-0.05, 0) is 30.6 Å². The zero-order valence-corrected chi connectivity index (χ0v) is 9.27. The Balaban J connectivity index is 3.22. The molecule has 1 saturated carbocycles. The van der Waals surface area contributed by atoms with Crippen LogP contribution in [0.1, 0.15) is 47.5 Å². The average molecular weight is 184 g/mol. The molecule has 0 bridgehead atoms. The Bertz CT molecular complexity index is 222. The van der Waals surface area contributed by atoms with Gasteiger partial charge in [0.25, 0.3) is 0 Å². The third-order valence-corrected chi connectivity index (χ3v) is 4.51. The lowest BCUT2D eigenvalue weighted by Crippen LogP contribution is -2.46. The van der Waals surface area contributed by atoms with Gasteiger partial charge in [0.1, 0.15) is 0 Å². The van der Waals surface area contributed by atoms with Gasteiger partial charge >= 0.3 is 5.97 Å². The van der Waals surface area contributed by atoms with E-state index in [1.54, 1.807) is 0 Å². The number of carboxylic acid groups (broad SMARTS) is 1. The second kappa shape index (κ2) is 2.49. The molecule has 0 radical (unpaired) electrons. The van der Waals surface area contributed by atoms with Crippen molar-refractivity contribution in [3.8, 4) is 0 Å². The fourth-order valence-electron chi connectivity index (χ4n) is 2.62. The van der Waals surface area contributed by atoms with Gasteiger partial charge in [0.05, 0.1) is 5.41 Å². The molecule has 0 aromatic carbocycles. The van der Waals surface area contributed by atoms with Crippen molar-refractivity contribution in [3.63, 3.8) is 0 Å². The van der Waals surface area contributed by atoms with Crippen LogP contribution in [0.2, 0.25) is 0 Å². The van der Waals surface area contributed by atoms with Crippen LogP contribution in [0, 0.1) is 16.2 Å². The van der Waals surface area contributed by atoms with E-state index in [0.29, 0.717) is 0 Å². The first-order chi connectivity index (χ1) is 5.65. The molecule has 0 spiro atoms. The van der Waals surface area contributed by atoms with Gasteiger partial charge in [0.2, 0.25) is 0 Å². The third-order valence-electron chi connectivity index (χ3n) is 4.51. The lowest BCUT2D eigenvalue weighted by molar-refractivity contribution is -0.161. The van der Waals surface area contributed by atoms with Crippen molar-refractivity contribution in [2.24, 2.45) is 16.2 Å². The molecular weight excluding hydrogens is 164 g/mol. The van der Waals surface area contributed by atoms with E-state index < -0.39 is 11.4 Å². The predicted octanol–water partition coefficient (Wildman–Crippen LogP) is 2.92. The summed E-state index contributed by atoms with van der Waals surface area (Å²) in [4.78, 5) is 11.4. The first-order valence-electron chi connectivity index (χ1n) is 4.88. The van der Waals surface area contributed by atoms with Crippen LogP contribution >= 0.6 is 0 Å². The summed E-state index contributed by atoms with van der Waals surface area (Å²) >= 11 is 0. The van der Waals surface area contributed by atoms with Crippen molar-refractivity contribution in [1.82, 2.24) is 0 Å². The highest BCUT2D eigenvalue weighted by molar-refractivity contribution is 5.77. The molecule has 1 rings (SSSR count). The number of rotatable bonds is 1. The Morgan fingerprint density at radius 1 is 1.00 bits per heavy atom. The standard InChI is InChI=1S/C11H20O2/c1-9(2)6-7-10(3,4)11(9,5)8(12)13/h6-7H2,1-5H3,(H,12,13). The minimum absolute atomic E-state index is 0.0949. The van der Waals surface area contributed by atoms with E-state index in [2.05, 4.69) is 27.7 Å². The van der Waals surface area contributed by atoms with Gasteiger partial charge < -0.3 is 5.11 Å². The van der Waals surface area contributed by atoms with Gasteiger partial charge in [-0.3, -0.25) is 4.79 Å². The van der Waals surface area contributed by atoms with Crippen molar-refractivity contribution in [3.05, 3.63) is 0 Å². The SMILES string of the molecule is CC1(C)CCC(C)(C)C1(C)C(=O)O. The number of hydrogen-bond acceptors (Lipinski definition) is 1. The van der Waals surface area contributed by atoms with Crippen LogP contribution in [-0.2, 0) is 4.79 Å². The molecule has 2 heteroatoms. The molecule has 1 fully saturated rings. The number of carboxylic acids is 1. The highest BCUT2D eigenvalue weighted by Gasteiger charge is 2.61. The second-order valence-electron chi connectivity index (χ2n) is 5.70. The Morgan fingerprint density at radius 3 is 1.46 bits per heavy atom. The number of hydrogen-bond donors (Lipinski definition) is 1. The monoisotopic (exact) mass is 184 g/mol. The fraction of sp³-hybridized carbons (Fsp3) is 0.909. The molecular formula is C11H20O2. The van der Waals surface area contributed by atoms with Crippen LogP contribution in [-0.4, -0.2) is 11.1 Å². The molecule has 0 aliphatic heterocycles. The molecule has 1 N–H and O–H groups in total. The predicted molar refractivity (Wildman–Crippen MR) is 52.5 cm³/mol. The van der Waals surface area contributed by atoms with Crippen molar-refractivity contribution < 1.29 is 9.90 Å². The lowest BCUT2D eigenvalue weighted by Gasteiger charge is -2.42. The van der Waals surface area contributed by atoms with Crippen molar-refractivity contribution in [2.45, 2.75) is 47.5 Å². The van der Waals surface area contributed by atoms with E-state index in [1.807, 2.05) is 6.92 Å². The number of aliphatic carboxylic acids is 1. The van der Waals surface area contributed by atoms with Crippen molar-refractivity contribution >= 4 is 5.97 Å². The van der Waals surface area contributed by atoms with E-state index in [4.69, 9.17) is 0 Å². The molecule has 0 saturated heterocycles. The summed E-state index contributed by atoms with van der Waals surface area (Å²) in [6.45, 7) is 10.2. The molecule has 76 valence electrons. The average Bonchev–Trinajstić information content (AvgIpc) is 2.12. The molecule has 0 aromatic heterocycles. The Hall–Kier alpha value is -0.530. The molecule has 1 aliphatic rings. The molecule has 1 aliphatic carbocycles. The topological polar surface area (TPSA) is 37.3 Å². The maximum Gasteiger partial charge on any atom is 0.310 e. The van der Waals surface area contributed by atoms with Crippen molar-refractivity contribution in [2.75, 3.05) is 0 Å². The Kier molecular flexibility index (Phi) is 2.02. The summed E-state index contributed by atoms with van der Waals surface area (Å²) in [7, 11) is 0. The van der Waals surface area contributed by atoms with Crippen LogP contribution in [0.15, 0.2) is 0 Å². The summed E-state index contributed by atoms with van der Waals surface area (Å²) < 4.78 is 0. The normalized spacial score (nSPS) is 28.7. The largest absolute Gasteiger partial charge is 0.481 e. The van der Waals surface area contributed by atoms with Crippen molar-refractivity contribution in [1.29, 1.82) is 0 Å². The van der Waals surface area contributed by atoms with Gasteiger partial charge in [-0.1, -0.05) is 27.7 Å². The van der Waals surface area contributed by atoms with Crippen LogP contribution in [0.3, 0.4) is 0 Å².